The molecule has 1 saturated heterocycles. The van der Waals surface area contributed by atoms with Crippen molar-refractivity contribution in [3.8, 4) is 0 Å². The predicted molar refractivity (Wildman–Crippen MR) is 91.0 cm³/mol. The summed E-state index contributed by atoms with van der Waals surface area (Å²) in [7, 11) is 0. The number of carbonyl (C=O) groups is 2. The minimum Gasteiger partial charge on any atom is -0.352 e. The normalized spacial score (nSPS) is 21.6. The Labute approximate surface area is 149 Å². The van der Waals surface area contributed by atoms with E-state index in [0.717, 1.165) is 12.1 Å². The Bertz CT molecular complexity index is 664. The van der Waals surface area contributed by atoms with Gasteiger partial charge in [-0.2, -0.15) is 13.2 Å². The van der Waals surface area contributed by atoms with Gasteiger partial charge in [0.05, 0.1) is 11.3 Å². The van der Waals surface area contributed by atoms with Gasteiger partial charge in [0.25, 0.3) is 0 Å². The van der Waals surface area contributed by atoms with Gasteiger partial charge in [-0.25, -0.2) is 0 Å². The van der Waals surface area contributed by atoms with Crippen LogP contribution in [0.25, 0.3) is 0 Å². The molecule has 1 aliphatic heterocycles. The fraction of sp³-hybridized carbons (Fsp3) is 0.529. The van der Waals surface area contributed by atoms with Crippen molar-refractivity contribution < 1.29 is 22.8 Å². The van der Waals surface area contributed by atoms with E-state index in [1.807, 2.05) is 13.8 Å². The zero-order valence-corrected chi connectivity index (χ0v) is 15.1. The van der Waals surface area contributed by atoms with Crippen molar-refractivity contribution in [2.45, 2.75) is 45.1 Å². The van der Waals surface area contributed by atoms with E-state index in [4.69, 9.17) is 0 Å². The minimum absolute atomic E-state index is 0.0364. The molecule has 1 aromatic rings. The molecule has 1 atom stereocenters. The van der Waals surface area contributed by atoms with Gasteiger partial charge in [-0.15, -0.1) is 11.8 Å². The molecule has 2 amide bonds. The van der Waals surface area contributed by atoms with Gasteiger partial charge in [0.15, 0.2) is 0 Å². The molecule has 0 bridgehead atoms. The summed E-state index contributed by atoms with van der Waals surface area (Å²) >= 11 is 1.36. The molecule has 1 fully saturated rings. The van der Waals surface area contributed by atoms with Crippen LogP contribution in [0, 0.1) is 0 Å². The van der Waals surface area contributed by atoms with Gasteiger partial charge < -0.3 is 10.2 Å². The predicted octanol–water partition coefficient (Wildman–Crippen LogP) is 3.06. The maximum Gasteiger partial charge on any atom is 0.416 e. The quantitative estimate of drug-likeness (QED) is 0.881. The average molecular weight is 374 g/mol. The van der Waals surface area contributed by atoms with Crippen LogP contribution in [0.1, 0.15) is 31.9 Å². The van der Waals surface area contributed by atoms with E-state index in [0.29, 0.717) is 11.3 Å². The molecule has 2 rings (SSSR count). The van der Waals surface area contributed by atoms with Crippen LogP contribution in [0.5, 0.6) is 0 Å². The molecular formula is C17H21F3N2O2S. The summed E-state index contributed by atoms with van der Waals surface area (Å²) in [5.41, 5.74) is -1.52. The molecule has 1 N–H and O–H groups in total. The topological polar surface area (TPSA) is 49.4 Å². The fourth-order valence-corrected chi connectivity index (χ4v) is 3.78. The fourth-order valence-electron chi connectivity index (χ4n) is 2.67. The van der Waals surface area contributed by atoms with Crippen LogP contribution in [-0.4, -0.2) is 39.8 Å². The van der Waals surface area contributed by atoms with Gasteiger partial charge in [0.2, 0.25) is 11.8 Å². The van der Waals surface area contributed by atoms with Gasteiger partial charge in [-0.3, -0.25) is 9.59 Å². The van der Waals surface area contributed by atoms with Crippen LogP contribution >= 0.6 is 11.8 Å². The Hall–Kier alpha value is -1.70. The highest BCUT2D eigenvalue weighted by atomic mass is 32.2. The molecule has 1 aromatic carbocycles. The van der Waals surface area contributed by atoms with Gasteiger partial charge in [-0.05, 0) is 38.5 Å². The number of hydrogen-bond acceptors (Lipinski definition) is 3. The second kappa shape index (κ2) is 7.27. The number of alkyl halides is 3. The van der Waals surface area contributed by atoms with Crippen LogP contribution in [0.3, 0.4) is 0 Å². The molecule has 138 valence electrons. The standard InChI is InChI=1S/C17H21F3N2O2S/c1-11(2)21-15(24)16(3)10-25-9-14(23)22(16)8-12-5-4-6-13(7-12)17(18,19)20/h4-7,11H,8-10H2,1-3H3,(H,21,24). The van der Waals surface area contributed by atoms with Gasteiger partial charge in [0, 0.05) is 18.3 Å². The number of rotatable bonds is 4. The summed E-state index contributed by atoms with van der Waals surface area (Å²) in [6.07, 6.45) is -4.45. The molecule has 1 heterocycles. The number of halogens is 3. The smallest absolute Gasteiger partial charge is 0.352 e. The molecule has 1 aliphatic rings. The maximum atomic E-state index is 12.9. The van der Waals surface area contributed by atoms with E-state index < -0.39 is 17.3 Å². The molecule has 0 radical (unpaired) electrons. The van der Waals surface area contributed by atoms with Crippen LogP contribution in [-0.2, 0) is 22.3 Å². The van der Waals surface area contributed by atoms with Gasteiger partial charge >= 0.3 is 6.18 Å². The van der Waals surface area contributed by atoms with E-state index >= 15 is 0 Å². The molecule has 0 aliphatic carbocycles. The first-order chi connectivity index (χ1) is 11.5. The van der Waals surface area contributed by atoms with E-state index in [9.17, 15) is 22.8 Å². The lowest BCUT2D eigenvalue weighted by molar-refractivity contribution is -0.145. The van der Waals surface area contributed by atoms with Crippen molar-refractivity contribution in [3.05, 3.63) is 35.4 Å². The first-order valence-electron chi connectivity index (χ1n) is 7.89. The van der Waals surface area contributed by atoms with E-state index in [1.54, 1.807) is 6.92 Å². The SMILES string of the molecule is CC(C)NC(=O)C1(C)CSCC(=O)N1Cc1cccc(C(F)(F)F)c1. The van der Waals surface area contributed by atoms with Crippen LogP contribution in [0.2, 0.25) is 0 Å². The van der Waals surface area contributed by atoms with Crippen molar-refractivity contribution in [3.63, 3.8) is 0 Å². The lowest BCUT2D eigenvalue weighted by Crippen LogP contribution is -2.63. The molecule has 4 nitrogen and oxygen atoms in total. The molecular weight excluding hydrogens is 353 g/mol. The Kier molecular flexibility index (Phi) is 5.71. The average Bonchev–Trinajstić information content (AvgIpc) is 2.50. The highest BCUT2D eigenvalue weighted by Crippen LogP contribution is 2.32. The first kappa shape index (κ1) is 19.6. The second-order valence-electron chi connectivity index (χ2n) is 6.57. The lowest BCUT2D eigenvalue weighted by atomic mass is 9.98. The summed E-state index contributed by atoms with van der Waals surface area (Å²) in [5, 5.41) is 2.80. The summed E-state index contributed by atoms with van der Waals surface area (Å²) in [5.74, 6) is 0.0600. The monoisotopic (exact) mass is 374 g/mol. The third-order valence-corrected chi connectivity index (χ3v) is 5.23. The molecule has 8 heteroatoms. The van der Waals surface area contributed by atoms with E-state index in [-0.39, 0.29) is 30.2 Å². The van der Waals surface area contributed by atoms with Crippen molar-refractivity contribution in [1.82, 2.24) is 10.2 Å². The van der Waals surface area contributed by atoms with Crippen molar-refractivity contribution in [2.75, 3.05) is 11.5 Å². The third kappa shape index (κ3) is 4.48. The first-order valence-corrected chi connectivity index (χ1v) is 9.05. The van der Waals surface area contributed by atoms with Crippen molar-refractivity contribution in [1.29, 1.82) is 0 Å². The third-order valence-electron chi connectivity index (χ3n) is 4.01. The molecule has 1 unspecified atom stereocenters. The minimum atomic E-state index is -4.45. The van der Waals surface area contributed by atoms with Crippen LogP contribution < -0.4 is 5.32 Å². The van der Waals surface area contributed by atoms with Gasteiger partial charge in [-0.1, -0.05) is 12.1 Å². The molecule has 0 spiro atoms. The zero-order valence-electron chi connectivity index (χ0n) is 14.3. The van der Waals surface area contributed by atoms with Gasteiger partial charge in [0.1, 0.15) is 5.54 Å². The number of thioether (sulfide) groups is 1. The number of hydrogen-bond donors (Lipinski definition) is 1. The van der Waals surface area contributed by atoms with E-state index in [2.05, 4.69) is 5.32 Å². The Morgan fingerprint density at radius 2 is 2.08 bits per heavy atom. The Morgan fingerprint density at radius 3 is 2.68 bits per heavy atom. The van der Waals surface area contributed by atoms with Crippen molar-refractivity contribution >= 4 is 23.6 Å². The Morgan fingerprint density at radius 1 is 1.40 bits per heavy atom. The maximum absolute atomic E-state index is 12.9. The highest BCUT2D eigenvalue weighted by Gasteiger charge is 2.45. The van der Waals surface area contributed by atoms with Crippen molar-refractivity contribution in [2.24, 2.45) is 0 Å². The zero-order chi connectivity index (χ0) is 18.8. The summed E-state index contributed by atoms with van der Waals surface area (Å²) in [4.78, 5) is 26.4. The van der Waals surface area contributed by atoms with Crippen LogP contribution in [0.4, 0.5) is 13.2 Å². The highest BCUT2D eigenvalue weighted by molar-refractivity contribution is 8.00. The number of nitrogens with zero attached hydrogens (tertiary/aromatic N) is 1. The molecule has 25 heavy (non-hydrogen) atoms. The molecule has 0 saturated carbocycles. The number of amides is 2. The lowest BCUT2D eigenvalue weighted by Gasteiger charge is -2.43. The largest absolute Gasteiger partial charge is 0.416 e. The molecule has 0 aromatic heterocycles. The summed E-state index contributed by atoms with van der Waals surface area (Å²) in [6.45, 7) is 5.25. The Balaban J connectivity index is 2.30. The second-order valence-corrected chi connectivity index (χ2v) is 7.56. The number of nitrogens with one attached hydrogen (secondary N) is 1. The van der Waals surface area contributed by atoms with E-state index in [1.165, 1.54) is 28.8 Å². The summed E-state index contributed by atoms with van der Waals surface area (Å²) < 4.78 is 38.7. The number of benzene rings is 1. The number of carbonyl (C=O) groups excluding carboxylic acids is 2. The van der Waals surface area contributed by atoms with Crippen LogP contribution in [0.15, 0.2) is 24.3 Å². The summed E-state index contributed by atoms with van der Waals surface area (Å²) in [6, 6.07) is 4.76.